The van der Waals surface area contributed by atoms with Crippen LogP contribution in [0.3, 0.4) is 0 Å². The lowest BCUT2D eigenvalue weighted by Crippen LogP contribution is -2.29. The van der Waals surface area contributed by atoms with Gasteiger partial charge in [0.15, 0.2) is 11.4 Å². The van der Waals surface area contributed by atoms with Gasteiger partial charge in [-0.25, -0.2) is 14.1 Å². The summed E-state index contributed by atoms with van der Waals surface area (Å²) in [5, 5.41) is 6.78. The van der Waals surface area contributed by atoms with Gasteiger partial charge in [0.05, 0.1) is 18.6 Å². The molecule has 1 aromatic carbocycles. The van der Waals surface area contributed by atoms with Crippen LogP contribution >= 0.6 is 0 Å². The molecule has 1 amide bonds. The first-order valence-corrected chi connectivity index (χ1v) is 8.48. The Labute approximate surface area is 156 Å². The molecule has 0 radical (unpaired) electrons. The number of hydrogen-bond donors (Lipinski definition) is 1. The fourth-order valence-electron chi connectivity index (χ4n) is 3.50. The van der Waals surface area contributed by atoms with Crippen LogP contribution in [0.2, 0.25) is 0 Å². The molecule has 1 aliphatic rings. The van der Waals surface area contributed by atoms with Crippen molar-refractivity contribution in [3.05, 3.63) is 65.3 Å². The topological polar surface area (TPSA) is 64.7 Å². The number of benzene rings is 1. The number of nitrogens with zero attached hydrogens (tertiary/aromatic N) is 4. The number of imidazole rings is 1. The van der Waals surface area contributed by atoms with Crippen LogP contribution in [0.25, 0.3) is 5.69 Å². The van der Waals surface area contributed by atoms with Gasteiger partial charge >= 0.3 is 6.18 Å². The minimum Gasteiger partial charge on any atom is -0.344 e. The lowest BCUT2D eigenvalue weighted by molar-refractivity contribution is -0.143. The first-order valence-electron chi connectivity index (χ1n) is 8.48. The van der Waals surface area contributed by atoms with Crippen LogP contribution in [0.1, 0.15) is 39.9 Å². The third kappa shape index (κ3) is 2.94. The zero-order valence-corrected chi connectivity index (χ0v) is 14.7. The van der Waals surface area contributed by atoms with E-state index in [0.29, 0.717) is 24.1 Å². The molecule has 2 aromatic heterocycles. The van der Waals surface area contributed by atoms with E-state index in [1.165, 1.54) is 24.0 Å². The van der Waals surface area contributed by atoms with Crippen molar-refractivity contribution in [2.75, 3.05) is 0 Å². The van der Waals surface area contributed by atoms with Crippen LogP contribution in [0.15, 0.2) is 36.8 Å². The average molecular weight is 393 g/mol. The van der Waals surface area contributed by atoms with Gasteiger partial charge in [0, 0.05) is 18.3 Å². The number of nitrogens with one attached hydrogen (secondary N) is 1. The number of aromatic nitrogens is 4. The Morgan fingerprint density at radius 3 is 2.75 bits per heavy atom. The summed E-state index contributed by atoms with van der Waals surface area (Å²) in [6.07, 6.45) is -1.27. The Balaban J connectivity index is 1.61. The predicted octanol–water partition coefficient (Wildman–Crippen LogP) is 3.18. The largest absolute Gasteiger partial charge is 0.433 e. The van der Waals surface area contributed by atoms with Crippen LogP contribution in [-0.2, 0) is 19.6 Å². The first kappa shape index (κ1) is 18.2. The van der Waals surface area contributed by atoms with Crippen LogP contribution in [0.4, 0.5) is 17.6 Å². The summed E-state index contributed by atoms with van der Waals surface area (Å²) in [5.74, 6) is -1.35. The van der Waals surface area contributed by atoms with E-state index < -0.39 is 35.3 Å². The summed E-state index contributed by atoms with van der Waals surface area (Å²) in [7, 11) is 1.18. The van der Waals surface area contributed by atoms with Gasteiger partial charge in [-0.2, -0.15) is 18.3 Å². The van der Waals surface area contributed by atoms with E-state index in [9.17, 15) is 22.4 Å². The maximum atomic E-state index is 14.1. The highest BCUT2D eigenvalue weighted by Crippen LogP contribution is 2.34. The van der Waals surface area contributed by atoms with Gasteiger partial charge in [-0.05, 0) is 25.0 Å². The van der Waals surface area contributed by atoms with Crippen molar-refractivity contribution in [2.45, 2.75) is 25.1 Å². The number of alkyl halides is 3. The molecule has 1 atom stereocenters. The number of para-hydroxylation sites is 1. The molecule has 10 heteroatoms. The Morgan fingerprint density at radius 2 is 2.04 bits per heavy atom. The van der Waals surface area contributed by atoms with Crippen molar-refractivity contribution in [1.29, 1.82) is 0 Å². The van der Waals surface area contributed by atoms with Gasteiger partial charge in [0.1, 0.15) is 11.5 Å². The molecular weight excluding hydrogens is 378 g/mol. The normalized spacial score (nSPS) is 16.2. The summed E-state index contributed by atoms with van der Waals surface area (Å²) in [6.45, 7) is 0. The van der Waals surface area contributed by atoms with E-state index in [4.69, 9.17) is 0 Å². The molecule has 3 aromatic rings. The zero-order valence-electron chi connectivity index (χ0n) is 14.7. The van der Waals surface area contributed by atoms with Gasteiger partial charge in [-0.15, -0.1) is 0 Å². The van der Waals surface area contributed by atoms with Crippen molar-refractivity contribution >= 4 is 5.91 Å². The van der Waals surface area contributed by atoms with Crippen molar-refractivity contribution < 1.29 is 22.4 Å². The Kier molecular flexibility index (Phi) is 4.20. The van der Waals surface area contributed by atoms with Gasteiger partial charge in [0.25, 0.3) is 5.91 Å². The second-order valence-electron chi connectivity index (χ2n) is 6.52. The lowest BCUT2D eigenvalue weighted by Gasteiger charge is -2.13. The first-order chi connectivity index (χ1) is 13.3. The summed E-state index contributed by atoms with van der Waals surface area (Å²) < 4.78 is 55.9. The van der Waals surface area contributed by atoms with E-state index >= 15 is 0 Å². The zero-order chi connectivity index (χ0) is 20.1. The summed E-state index contributed by atoms with van der Waals surface area (Å²) in [5.41, 5.74) is -0.136. The molecule has 1 unspecified atom stereocenters. The molecular formula is C18H15F4N5O. The molecule has 0 aliphatic heterocycles. The Bertz CT molecular complexity index is 1050. The van der Waals surface area contributed by atoms with Crippen molar-refractivity contribution in [1.82, 2.24) is 24.6 Å². The number of aryl methyl sites for hydroxylation is 1. The number of hydrogen-bond acceptors (Lipinski definition) is 3. The third-order valence-electron chi connectivity index (χ3n) is 4.75. The predicted molar refractivity (Wildman–Crippen MR) is 90.3 cm³/mol. The number of carbonyl (C=O) groups is 1. The lowest BCUT2D eigenvalue weighted by atomic mass is 10.1. The van der Waals surface area contributed by atoms with Gasteiger partial charge in [0.2, 0.25) is 0 Å². The Morgan fingerprint density at radius 1 is 1.29 bits per heavy atom. The molecule has 0 saturated carbocycles. The number of carbonyl (C=O) groups excluding carboxylic acids is 1. The van der Waals surface area contributed by atoms with Gasteiger partial charge in [-0.1, -0.05) is 12.1 Å². The summed E-state index contributed by atoms with van der Waals surface area (Å²) in [4.78, 5) is 16.1. The monoisotopic (exact) mass is 393 g/mol. The molecule has 4 rings (SSSR count). The van der Waals surface area contributed by atoms with E-state index in [2.05, 4.69) is 15.4 Å². The number of rotatable bonds is 3. The number of halogens is 4. The molecule has 1 aliphatic carbocycles. The van der Waals surface area contributed by atoms with E-state index in [-0.39, 0.29) is 5.69 Å². The third-order valence-corrected chi connectivity index (χ3v) is 4.75. The standard InChI is InChI=1S/C18H15F4N5O/c1-26-9-23-15(16(26)18(20,21)22)17(28)25-12-6-7-13-10(12)8-24-27(13)14-5-3-2-4-11(14)19/h2-5,8-9,12H,6-7H2,1H3,(H,25,28). The SMILES string of the molecule is Cn1cnc(C(=O)NC2CCc3c2cnn3-c2ccccc2F)c1C(F)(F)F. The van der Waals surface area contributed by atoms with E-state index in [0.717, 1.165) is 10.9 Å². The maximum absolute atomic E-state index is 14.1. The molecule has 0 bridgehead atoms. The smallest absolute Gasteiger partial charge is 0.344 e. The highest BCUT2D eigenvalue weighted by atomic mass is 19.4. The molecule has 2 heterocycles. The minimum atomic E-state index is -4.70. The fourth-order valence-corrected chi connectivity index (χ4v) is 3.50. The fraction of sp³-hybridized carbons (Fsp3) is 0.278. The van der Waals surface area contributed by atoms with Crippen molar-refractivity contribution in [3.63, 3.8) is 0 Å². The molecule has 1 N–H and O–H groups in total. The van der Waals surface area contributed by atoms with E-state index in [1.807, 2.05) is 0 Å². The van der Waals surface area contributed by atoms with Gasteiger partial charge in [-0.3, -0.25) is 4.79 Å². The molecule has 6 nitrogen and oxygen atoms in total. The number of fused-ring (bicyclic) bond motifs is 1. The highest BCUT2D eigenvalue weighted by molar-refractivity contribution is 5.94. The quantitative estimate of drug-likeness (QED) is 0.696. The minimum absolute atomic E-state index is 0.278. The van der Waals surface area contributed by atoms with E-state index in [1.54, 1.807) is 18.2 Å². The summed E-state index contributed by atoms with van der Waals surface area (Å²) >= 11 is 0. The van der Waals surface area contributed by atoms with Crippen molar-refractivity contribution in [3.8, 4) is 5.69 Å². The highest BCUT2D eigenvalue weighted by Gasteiger charge is 2.40. The van der Waals surface area contributed by atoms with Gasteiger partial charge < -0.3 is 9.88 Å². The number of amides is 1. The molecule has 0 spiro atoms. The Hall–Kier alpha value is -3.17. The average Bonchev–Trinajstić information content (AvgIpc) is 3.31. The van der Waals surface area contributed by atoms with Crippen LogP contribution in [0, 0.1) is 5.82 Å². The molecule has 0 fully saturated rings. The van der Waals surface area contributed by atoms with Crippen molar-refractivity contribution in [2.24, 2.45) is 7.05 Å². The molecule has 146 valence electrons. The van der Waals surface area contributed by atoms with Crippen LogP contribution < -0.4 is 5.32 Å². The van der Waals surface area contributed by atoms with Crippen LogP contribution in [0.5, 0.6) is 0 Å². The second-order valence-corrected chi connectivity index (χ2v) is 6.52. The molecule has 0 saturated heterocycles. The molecule has 28 heavy (non-hydrogen) atoms. The van der Waals surface area contributed by atoms with Crippen LogP contribution in [-0.4, -0.2) is 25.2 Å². The maximum Gasteiger partial charge on any atom is 0.433 e. The summed E-state index contributed by atoms with van der Waals surface area (Å²) in [6, 6.07) is 5.62. The second kappa shape index (κ2) is 6.47.